The molecule has 1 atom stereocenters. The lowest BCUT2D eigenvalue weighted by Gasteiger charge is -2.36. The summed E-state index contributed by atoms with van der Waals surface area (Å²) in [5.74, 6) is 1.13. The van der Waals surface area contributed by atoms with Crippen LogP contribution in [0, 0.1) is 5.92 Å². The van der Waals surface area contributed by atoms with Crippen molar-refractivity contribution in [2.24, 2.45) is 5.92 Å². The quantitative estimate of drug-likeness (QED) is 0.900. The number of carbonyl (C=O) groups excluding carboxylic acids is 1. The van der Waals surface area contributed by atoms with E-state index < -0.39 is 11.6 Å². The highest BCUT2D eigenvalue weighted by Crippen LogP contribution is 2.31. The summed E-state index contributed by atoms with van der Waals surface area (Å²) in [7, 11) is 0. The van der Waals surface area contributed by atoms with Gasteiger partial charge in [0.1, 0.15) is 5.75 Å². The van der Waals surface area contributed by atoms with E-state index in [1.807, 2.05) is 12.1 Å². The molecule has 24 heavy (non-hydrogen) atoms. The average molecular weight is 332 g/mol. The summed E-state index contributed by atoms with van der Waals surface area (Å²) < 4.78 is 20.7. The Morgan fingerprint density at radius 3 is 3.12 bits per heavy atom. The maximum Gasteiger partial charge on any atom is 0.259 e. The molecule has 0 spiro atoms. The summed E-state index contributed by atoms with van der Waals surface area (Å²) in [6.07, 6.45) is 4.32. The minimum Gasteiger partial charge on any atom is -0.493 e. The number of hydrogen-bond acceptors (Lipinski definition) is 3. The molecule has 1 amide bonds. The van der Waals surface area contributed by atoms with Crippen molar-refractivity contribution in [1.29, 1.82) is 0 Å². The number of ether oxygens (including phenoxy) is 1. The van der Waals surface area contributed by atoms with Crippen molar-refractivity contribution in [3.8, 4) is 5.75 Å². The molecule has 1 N–H and O–H groups in total. The molecule has 4 nitrogen and oxygen atoms in total. The summed E-state index contributed by atoms with van der Waals surface area (Å²) in [6.45, 7) is 3.10. The molecule has 130 valence electrons. The van der Waals surface area contributed by atoms with E-state index in [0.717, 1.165) is 44.6 Å². The monoisotopic (exact) mass is 332 g/mol. The second-order valence-corrected chi connectivity index (χ2v) is 7.47. The highest BCUT2D eigenvalue weighted by atomic mass is 19.1. The van der Waals surface area contributed by atoms with Gasteiger partial charge in [0.15, 0.2) is 0 Å². The van der Waals surface area contributed by atoms with Crippen LogP contribution in [0.2, 0.25) is 0 Å². The lowest BCUT2D eigenvalue weighted by Crippen LogP contribution is -2.54. The Hall–Kier alpha value is -1.62. The Morgan fingerprint density at radius 2 is 2.29 bits per heavy atom. The Kier molecular flexibility index (Phi) is 4.21. The zero-order valence-corrected chi connectivity index (χ0v) is 14.0. The van der Waals surface area contributed by atoms with Gasteiger partial charge < -0.3 is 10.1 Å². The van der Waals surface area contributed by atoms with Crippen LogP contribution in [0.25, 0.3) is 0 Å². The Morgan fingerprint density at radius 1 is 1.42 bits per heavy atom. The van der Waals surface area contributed by atoms with Gasteiger partial charge in [-0.05, 0) is 55.3 Å². The van der Waals surface area contributed by atoms with E-state index in [2.05, 4.69) is 16.3 Å². The molecular formula is C19H25FN2O2. The predicted octanol–water partition coefficient (Wildman–Crippen LogP) is 2.45. The van der Waals surface area contributed by atoms with Crippen LogP contribution in [0.4, 0.5) is 4.39 Å². The van der Waals surface area contributed by atoms with Gasteiger partial charge in [0.25, 0.3) is 5.91 Å². The Balaban J connectivity index is 1.37. The molecule has 1 aliphatic carbocycles. The largest absolute Gasteiger partial charge is 0.493 e. The van der Waals surface area contributed by atoms with Crippen LogP contribution in [0.3, 0.4) is 0 Å². The molecule has 2 fully saturated rings. The third-order valence-corrected chi connectivity index (χ3v) is 5.34. The highest BCUT2D eigenvalue weighted by Gasteiger charge is 2.42. The number of benzene rings is 1. The summed E-state index contributed by atoms with van der Waals surface area (Å²) in [5, 5.41) is 2.82. The third-order valence-electron chi connectivity index (χ3n) is 5.34. The van der Waals surface area contributed by atoms with Crippen molar-refractivity contribution in [1.82, 2.24) is 10.2 Å². The van der Waals surface area contributed by atoms with E-state index >= 15 is 4.39 Å². The van der Waals surface area contributed by atoms with Gasteiger partial charge in [0.05, 0.1) is 6.61 Å². The normalized spacial score (nSPS) is 26.7. The number of likely N-dealkylation sites (tertiary alicyclic amines) is 1. The Bertz CT molecular complexity index is 632. The minimum absolute atomic E-state index is 0.192. The van der Waals surface area contributed by atoms with Crippen LogP contribution in [0.1, 0.15) is 36.8 Å². The van der Waals surface area contributed by atoms with Crippen molar-refractivity contribution < 1.29 is 13.9 Å². The first-order chi connectivity index (χ1) is 11.6. The topological polar surface area (TPSA) is 41.6 Å². The van der Waals surface area contributed by atoms with E-state index in [4.69, 9.17) is 4.74 Å². The SMILES string of the molecule is O=C(NCC1CC1)C1(F)CCCN(Cc2ccc3c(c2)CCO3)C1. The van der Waals surface area contributed by atoms with E-state index in [1.54, 1.807) is 0 Å². The summed E-state index contributed by atoms with van der Waals surface area (Å²) in [6, 6.07) is 6.21. The van der Waals surface area contributed by atoms with Gasteiger partial charge in [-0.1, -0.05) is 12.1 Å². The van der Waals surface area contributed by atoms with Crippen LogP contribution in [0.5, 0.6) is 5.75 Å². The second-order valence-electron chi connectivity index (χ2n) is 7.47. The molecule has 0 aromatic heterocycles. The molecule has 3 aliphatic rings. The van der Waals surface area contributed by atoms with Crippen LogP contribution in [-0.2, 0) is 17.8 Å². The molecular weight excluding hydrogens is 307 g/mol. The number of fused-ring (bicyclic) bond motifs is 1. The summed E-state index contributed by atoms with van der Waals surface area (Å²) in [4.78, 5) is 14.3. The van der Waals surface area contributed by atoms with Gasteiger partial charge in [-0.2, -0.15) is 0 Å². The van der Waals surface area contributed by atoms with E-state index in [0.29, 0.717) is 25.4 Å². The molecule has 2 aliphatic heterocycles. The number of amides is 1. The molecule has 5 heteroatoms. The molecule has 1 saturated heterocycles. The molecule has 1 saturated carbocycles. The number of alkyl halides is 1. The van der Waals surface area contributed by atoms with Crippen molar-refractivity contribution >= 4 is 5.91 Å². The van der Waals surface area contributed by atoms with E-state index in [1.165, 1.54) is 11.1 Å². The fraction of sp³-hybridized carbons (Fsp3) is 0.632. The smallest absolute Gasteiger partial charge is 0.259 e. The zero-order valence-electron chi connectivity index (χ0n) is 14.0. The van der Waals surface area contributed by atoms with Crippen molar-refractivity contribution in [2.75, 3.05) is 26.2 Å². The van der Waals surface area contributed by atoms with Crippen LogP contribution >= 0.6 is 0 Å². The molecule has 4 rings (SSSR count). The third kappa shape index (κ3) is 3.41. The number of halogens is 1. The lowest BCUT2D eigenvalue weighted by molar-refractivity contribution is -0.136. The Labute approximate surface area is 142 Å². The molecule has 2 heterocycles. The number of carbonyl (C=O) groups is 1. The number of hydrogen-bond donors (Lipinski definition) is 1. The number of piperidine rings is 1. The van der Waals surface area contributed by atoms with Crippen molar-refractivity contribution in [2.45, 2.75) is 44.3 Å². The summed E-state index contributed by atoms with van der Waals surface area (Å²) in [5.41, 5.74) is 0.660. The van der Waals surface area contributed by atoms with E-state index in [9.17, 15) is 4.79 Å². The first kappa shape index (κ1) is 15.9. The van der Waals surface area contributed by atoms with Gasteiger partial charge in [0, 0.05) is 26.1 Å². The molecule has 0 bridgehead atoms. The zero-order chi connectivity index (χ0) is 16.6. The second kappa shape index (κ2) is 6.36. The maximum atomic E-state index is 15.1. The first-order valence-electron chi connectivity index (χ1n) is 9.07. The number of nitrogens with zero attached hydrogens (tertiary/aromatic N) is 1. The molecule has 1 unspecified atom stereocenters. The maximum absolute atomic E-state index is 15.1. The van der Waals surface area contributed by atoms with E-state index in [-0.39, 0.29) is 6.54 Å². The van der Waals surface area contributed by atoms with Gasteiger partial charge in [-0.3, -0.25) is 9.69 Å². The van der Waals surface area contributed by atoms with Crippen molar-refractivity contribution in [3.05, 3.63) is 29.3 Å². The fourth-order valence-corrected chi connectivity index (χ4v) is 3.73. The van der Waals surface area contributed by atoms with Gasteiger partial charge >= 0.3 is 0 Å². The fourth-order valence-electron chi connectivity index (χ4n) is 3.73. The van der Waals surface area contributed by atoms with Crippen molar-refractivity contribution in [3.63, 3.8) is 0 Å². The van der Waals surface area contributed by atoms with Gasteiger partial charge in [-0.15, -0.1) is 0 Å². The molecule has 1 aromatic carbocycles. The van der Waals surface area contributed by atoms with Gasteiger partial charge in [-0.25, -0.2) is 4.39 Å². The average Bonchev–Trinajstić information content (AvgIpc) is 3.28. The molecule has 1 aromatic rings. The lowest BCUT2D eigenvalue weighted by atomic mass is 9.93. The van der Waals surface area contributed by atoms with Crippen LogP contribution < -0.4 is 10.1 Å². The highest BCUT2D eigenvalue weighted by molar-refractivity contribution is 5.85. The molecule has 0 radical (unpaired) electrons. The predicted molar refractivity (Wildman–Crippen MR) is 89.7 cm³/mol. The standard InChI is InChI=1S/C19H25FN2O2/c20-19(18(23)21-11-14-2-3-14)7-1-8-22(13-19)12-15-4-5-17-16(10-15)6-9-24-17/h4-5,10,14H,1-3,6-9,11-13H2,(H,21,23). The number of nitrogens with one attached hydrogen (secondary N) is 1. The first-order valence-corrected chi connectivity index (χ1v) is 9.07. The minimum atomic E-state index is -1.74. The van der Waals surface area contributed by atoms with Gasteiger partial charge in [0.2, 0.25) is 5.67 Å². The van der Waals surface area contributed by atoms with Crippen LogP contribution in [0.15, 0.2) is 18.2 Å². The summed E-state index contributed by atoms with van der Waals surface area (Å²) >= 11 is 0. The van der Waals surface area contributed by atoms with Crippen LogP contribution in [-0.4, -0.2) is 42.7 Å². The number of rotatable bonds is 5.